The molecule has 3 aromatic carbocycles. The molecule has 8 heteroatoms. The molecule has 1 fully saturated rings. The van der Waals surface area contributed by atoms with Crippen molar-refractivity contribution in [3.63, 3.8) is 0 Å². The van der Waals surface area contributed by atoms with Crippen molar-refractivity contribution < 1.29 is 23.9 Å². The lowest BCUT2D eigenvalue weighted by atomic mass is 9.91. The van der Waals surface area contributed by atoms with E-state index < -0.39 is 35.8 Å². The summed E-state index contributed by atoms with van der Waals surface area (Å²) in [6.07, 6.45) is 0.881. The molecule has 0 radical (unpaired) electrons. The van der Waals surface area contributed by atoms with Crippen molar-refractivity contribution in [2.75, 3.05) is 25.6 Å². The van der Waals surface area contributed by atoms with Crippen LogP contribution in [0.3, 0.4) is 0 Å². The predicted octanol–water partition coefficient (Wildman–Crippen LogP) is 4.68. The summed E-state index contributed by atoms with van der Waals surface area (Å²) in [7, 11) is 1.60. The summed E-state index contributed by atoms with van der Waals surface area (Å²) in [6, 6.07) is 21.3. The Hall–Kier alpha value is -4.17. The number of urea groups is 1. The highest BCUT2D eigenvalue weighted by Crippen LogP contribution is 2.31. The molecule has 8 nitrogen and oxygen atoms in total. The van der Waals surface area contributed by atoms with E-state index in [9.17, 15) is 14.4 Å². The van der Waals surface area contributed by atoms with Crippen LogP contribution in [0.4, 0.5) is 10.5 Å². The van der Waals surface area contributed by atoms with Crippen LogP contribution in [0.25, 0.3) is 0 Å². The fraction of sp³-hybridized carbons (Fsp3) is 0.300. The monoisotopic (exact) mass is 515 g/mol. The first-order chi connectivity index (χ1) is 18.4. The minimum absolute atomic E-state index is 0.401. The number of carbonyl (C=O) groups is 3. The largest absolute Gasteiger partial charge is 0.491 e. The fourth-order valence-electron chi connectivity index (χ4n) is 4.53. The normalized spacial score (nSPS) is 16.6. The molecule has 0 aromatic heterocycles. The van der Waals surface area contributed by atoms with Crippen molar-refractivity contribution in [1.29, 1.82) is 0 Å². The van der Waals surface area contributed by atoms with E-state index in [0.717, 1.165) is 22.4 Å². The van der Waals surface area contributed by atoms with Crippen LogP contribution in [0.1, 0.15) is 42.5 Å². The smallest absolute Gasteiger partial charge is 0.325 e. The molecule has 1 aliphatic heterocycles. The first-order valence-corrected chi connectivity index (χ1v) is 12.7. The van der Waals surface area contributed by atoms with Crippen LogP contribution < -0.4 is 15.4 Å². The molecule has 0 spiro atoms. The lowest BCUT2D eigenvalue weighted by Gasteiger charge is -2.30. The van der Waals surface area contributed by atoms with Crippen LogP contribution in [-0.2, 0) is 20.7 Å². The zero-order valence-corrected chi connectivity index (χ0v) is 21.8. The first kappa shape index (κ1) is 26.9. The standard InChI is InChI=1S/C30H33N3O5/c1-4-21-10-14-24(15-11-21)31-28(34)27(20(2)22-8-6-5-7-9-22)33-29(35)26(32-30(33)36)23-12-16-25(17-13-23)38-19-18-37-3/h5-17,20,26-27H,4,18-19H2,1-3H3,(H,31,34)(H,32,36)/t20-,26?,27-/m0/s1. The number of nitrogens with zero attached hydrogens (tertiary/aromatic N) is 1. The van der Waals surface area contributed by atoms with Crippen LogP contribution in [0, 0.1) is 0 Å². The fourth-order valence-corrected chi connectivity index (χ4v) is 4.53. The Balaban J connectivity index is 1.59. The van der Waals surface area contributed by atoms with Gasteiger partial charge < -0.3 is 20.1 Å². The molecule has 3 atom stereocenters. The highest BCUT2D eigenvalue weighted by molar-refractivity contribution is 6.09. The number of anilines is 1. The average Bonchev–Trinajstić information content (AvgIpc) is 3.23. The Bertz CT molecular complexity index is 1250. The van der Waals surface area contributed by atoms with Gasteiger partial charge >= 0.3 is 6.03 Å². The summed E-state index contributed by atoms with van der Waals surface area (Å²) < 4.78 is 10.6. The third-order valence-electron chi connectivity index (χ3n) is 6.72. The van der Waals surface area contributed by atoms with Gasteiger partial charge in [0.15, 0.2) is 0 Å². The second-order valence-electron chi connectivity index (χ2n) is 9.18. The zero-order valence-electron chi connectivity index (χ0n) is 21.8. The number of rotatable bonds is 11. The highest BCUT2D eigenvalue weighted by atomic mass is 16.5. The molecular weight excluding hydrogens is 482 g/mol. The van der Waals surface area contributed by atoms with Crippen molar-refractivity contribution in [2.24, 2.45) is 0 Å². The molecule has 2 N–H and O–H groups in total. The van der Waals surface area contributed by atoms with E-state index in [1.165, 1.54) is 0 Å². The van der Waals surface area contributed by atoms with Gasteiger partial charge in [-0.1, -0.05) is 68.4 Å². The molecule has 0 bridgehead atoms. The molecule has 4 amide bonds. The topological polar surface area (TPSA) is 97.0 Å². The van der Waals surface area contributed by atoms with Crippen molar-refractivity contribution in [3.8, 4) is 5.75 Å². The molecule has 0 saturated carbocycles. The number of carbonyl (C=O) groups excluding carboxylic acids is 3. The molecule has 38 heavy (non-hydrogen) atoms. The number of amides is 4. The van der Waals surface area contributed by atoms with E-state index >= 15 is 0 Å². The van der Waals surface area contributed by atoms with Gasteiger partial charge in [-0.2, -0.15) is 0 Å². The predicted molar refractivity (Wildman–Crippen MR) is 145 cm³/mol. The number of imide groups is 1. The van der Waals surface area contributed by atoms with Gasteiger partial charge in [0.1, 0.15) is 24.4 Å². The van der Waals surface area contributed by atoms with Crippen LogP contribution >= 0.6 is 0 Å². The van der Waals surface area contributed by atoms with Crippen LogP contribution in [-0.4, -0.2) is 49.1 Å². The number of methoxy groups -OCH3 is 1. The number of hydrogen-bond donors (Lipinski definition) is 2. The number of nitrogens with one attached hydrogen (secondary N) is 2. The average molecular weight is 516 g/mol. The van der Waals surface area contributed by atoms with E-state index in [2.05, 4.69) is 17.6 Å². The lowest BCUT2D eigenvalue weighted by Crippen LogP contribution is -2.50. The van der Waals surface area contributed by atoms with Gasteiger partial charge in [-0.25, -0.2) is 9.69 Å². The molecule has 3 aromatic rings. The second-order valence-corrected chi connectivity index (χ2v) is 9.18. The maximum absolute atomic E-state index is 13.7. The maximum atomic E-state index is 13.7. The van der Waals surface area contributed by atoms with Crippen LogP contribution in [0.15, 0.2) is 78.9 Å². The first-order valence-electron chi connectivity index (χ1n) is 12.7. The van der Waals surface area contributed by atoms with Crippen molar-refractivity contribution >= 4 is 23.5 Å². The molecule has 1 saturated heterocycles. The third-order valence-corrected chi connectivity index (χ3v) is 6.72. The molecular formula is C30H33N3O5. The third kappa shape index (κ3) is 6.03. The molecule has 1 aliphatic rings. The van der Waals surface area contributed by atoms with Gasteiger partial charge in [0.2, 0.25) is 5.91 Å². The quantitative estimate of drug-likeness (QED) is 0.286. The van der Waals surface area contributed by atoms with Crippen LogP contribution in [0.2, 0.25) is 0 Å². The minimum Gasteiger partial charge on any atom is -0.491 e. The summed E-state index contributed by atoms with van der Waals surface area (Å²) in [5.41, 5.74) is 3.19. The van der Waals surface area contributed by atoms with Gasteiger partial charge in [0.25, 0.3) is 5.91 Å². The van der Waals surface area contributed by atoms with E-state index in [0.29, 0.717) is 30.2 Å². The lowest BCUT2D eigenvalue weighted by molar-refractivity contribution is -0.134. The van der Waals surface area contributed by atoms with Crippen molar-refractivity contribution in [1.82, 2.24) is 10.2 Å². The molecule has 4 rings (SSSR count). The van der Waals surface area contributed by atoms with Gasteiger partial charge in [-0.15, -0.1) is 0 Å². The number of aryl methyl sites for hydroxylation is 1. The summed E-state index contributed by atoms with van der Waals surface area (Å²) in [5, 5.41) is 5.67. The minimum atomic E-state index is -1.06. The molecule has 1 heterocycles. The Morgan fingerprint density at radius 1 is 0.974 bits per heavy atom. The molecule has 1 unspecified atom stereocenters. The molecule has 198 valence electrons. The number of hydrogen-bond acceptors (Lipinski definition) is 5. The van der Waals surface area contributed by atoms with Gasteiger partial charge in [0.05, 0.1) is 6.61 Å². The van der Waals surface area contributed by atoms with Gasteiger partial charge in [-0.05, 0) is 47.4 Å². The summed E-state index contributed by atoms with van der Waals surface area (Å²) in [6.45, 7) is 4.76. The number of benzene rings is 3. The Kier molecular flexibility index (Phi) is 8.76. The van der Waals surface area contributed by atoms with E-state index in [-0.39, 0.29) is 0 Å². The Labute approximate surface area is 222 Å². The van der Waals surface area contributed by atoms with Crippen molar-refractivity contribution in [2.45, 2.75) is 38.3 Å². The van der Waals surface area contributed by atoms with Gasteiger partial charge in [-0.3, -0.25) is 9.59 Å². The SMILES string of the molecule is CCc1ccc(NC(=O)[C@H]([C@@H](C)c2ccccc2)N2C(=O)NC(c3ccc(OCCOC)cc3)C2=O)cc1. The number of ether oxygens (including phenoxy) is 2. The Morgan fingerprint density at radius 3 is 2.29 bits per heavy atom. The summed E-state index contributed by atoms with van der Waals surface area (Å²) >= 11 is 0. The second kappa shape index (κ2) is 12.4. The Morgan fingerprint density at radius 2 is 1.66 bits per heavy atom. The highest BCUT2D eigenvalue weighted by Gasteiger charge is 2.47. The molecule has 0 aliphatic carbocycles. The van der Waals surface area contributed by atoms with E-state index in [1.807, 2.05) is 61.5 Å². The zero-order chi connectivity index (χ0) is 27.1. The van der Waals surface area contributed by atoms with E-state index in [1.54, 1.807) is 31.4 Å². The van der Waals surface area contributed by atoms with E-state index in [4.69, 9.17) is 9.47 Å². The maximum Gasteiger partial charge on any atom is 0.325 e. The summed E-state index contributed by atoms with van der Waals surface area (Å²) in [5.74, 6) is -0.733. The summed E-state index contributed by atoms with van der Waals surface area (Å²) in [4.78, 5) is 41.6. The van der Waals surface area contributed by atoms with Gasteiger partial charge in [0, 0.05) is 18.7 Å². The van der Waals surface area contributed by atoms with Crippen LogP contribution in [0.5, 0.6) is 5.75 Å². The van der Waals surface area contributed by atoms with Crippen molar-refractivity contribution in [3.05, 3.63) is 95.6 Å².